The zero-order valence-electron chi connectivity index (χ0n) is 19.1. The number of amides is 2. The Balaban J connectivity index is 1.74. The fraction of sp³-hybridized carbons (Fsp3) is 0.222. The number of hydrogen-bond donors (Lipinski definition) is 2. The molecule has 0 saturated carbocycles. The lowest BCUT2D eigenvalue weighted by molar-refractivity contribution is -0.121. The molecule has 2 N–H and O–H groups in total. The van der Waals surface area contributed by atoms with Gasteiger partial charge in [0.15, 0.2) is 0 Å². The zero-order valence-corrected chi connectivity index (χ0v) is 19.1. The smallest absolute Gasteiger partial charge is 0.335 e. The quantitative estimate of drug-likeness (QED) is 0.517. The first-order valence-corrected chi connectivity index (χ1v) is 10.8. The lowest BCUT2D eigenvalue weighted by atomic mass is 10.1. The molecule has 0 spiro atoms. The van der Waals surface area contributed by atoms with Gasteiger partial charge in [-0.3, -0.25) is 9.59 Å². The van der Waals surface area contributed by atoms with Gasteiger partial charge in [-0.25, -0.2) is 4.79 Å². The summed E-state index contributed by atoms with van der Waals surface area (Å²) in [5.41, 5.74) is 5.64. The number of benzene rings is 3. The monoisotopic (exact) mass is 444 g/mol. The van der Waals surface area contributed by atoms with Crippen LogP contribution in [0, 0.1) is 20.8 Å². The molecule has 0 radical (unpaired) electrons. The maximum absolute atomic E-state index is 13.2. The Kier molecular flexibility index (Phi) is 7.61. The Hall–Kier alpha value is -3.93. The molecule has 0 saturated heterocycles. The van der Waals surface area contributed by atoms with E-state index in [4.69, 9.17) is 5.11 Å². The van der Waals surface area contributed by atoms with E-state index in [2.05, 4.69) is 5.32 Å². The number of anilines is 2. The summed E-state index contributed by atoms with van der Waals surface area (Å²) in [6, 6.07) is 19.7. The van der Waals surface area contributed by atoms with Gasteiger partial charge in [0.25, 0.3) is 0 Å². The van der Waals surface area contributed by atoms with Gasteiger partial charge in [0.2, 0.25) is 11.8 Å². The van der Waals surface area contributed by atoms with Gasteiger partial charge >= 0.3 is 5.97 Å². The predicted octanol–water partition coefficient (Wildman–Crippen LogP) is 4.91. The van der Waals surface area contributed by atoms with Gasteiger partial charge in [-0.15, -0.1) is 0 Å². The molecule has 3 rings (SSSR count). The molecule has 0 atom stereocenters. The first-order valence-electron chi connectivity index (χ1n) is 10.8. The standard InChI is InChI=1S/C27H28N2O4/c1-18-4-7-21(8-5-18)9-15-26(31)29(24-14-6-19(2)20(3)16-24)17-25(30)28-23-12-10-22(11-13-23)27(32)33/h4-8,10-14,16H,9,15,17H2,1-3H3,(H,28,30)(H,32,33). The van der Waals surface area contributed by atoms with E-state index in [9.17, 15) is 14.4 Å². The predicted molar refractivity (Wildman–Crippen MR) is 130 cm³/mol. The fourth-order valence-electron chi connectivity index (χ4n) is 3.40. The molecular weight excluding hydrogens is 416 g/mol. The third-order valence-corrected chi connectivity index (χ3v) is 5.57. The second kappa shape index (κ2) is 10.6. The van der Waals surface area contributed by atoms with Gasteiger partial charge in [-0.2, -0.15) is 0 Å². The van der Waals surface area contributed by atoms with Crippen LogP contribution in [0.3, 0.4) is 0 Å². The molecule has 170 valence electrons. The fourth-order valence-corrected chi connectivity index (χ4v) is 3.40. The number of hydrogen-bond acceptors (Lipinski definition) is 3. The van der Waals surface area contributed by atoms with Gasteiger partial charge in [-0.1, -0.05) is 35.9 Å². The van der Waals surface area contributed by atoms with Crippen molar-refractivity contribution in [1.29, 1.82) is 0 Å². The highest BCUT2D eigenvalue weighted by atomic mass is 16.4. The van der Waals surface area contributed by atoms with Crippen LogP contribution in [-0.2, 0) is 16.0 Å². The molecule has 0 aromatic heterocycles. The topological polar surface area (TPSA) is 86.7 Å². The Bertz CT molecular complexity index is 1150. The Morgan fingerprint density at radius 3 is 2.12 bits per heavy atom. The molecule has 0 fully saturated rings. The largest absolute Gasteiger partial charge is 0.478 e. The van der Waals surface area contributed by atoms with E-state index in [0.29, 0.717) is 17.8 Å². The second-order valence-electron chi connectivity index (χ2n) is 8.16. The van der Waals surface area contributed by atoms with Gasteiger partial charge in [-0.05, 0) is 80.3 Å². The van der Waals surface area contributed by atoms with Crippen molar-refractivity contribution in [2.75, 3.05) is 16.8 Å². The number of carboxylic acid groups (broad SMARTS) is 1. The molecule has 6 heteroatoms. The van der Waals surface area contributed by atoms with E-state index >= 15 is 0 Å². The maximum Gasteiger partial charge on any atom is 0.335 e. The molecule has 3 aromatic rings. The van der Waals surface area contributed by atoms with Crippen molar-refractivity contribution in [3.05, 3.63) is 94.5 Å². The van der Waals surface area contributed by atoms with Crippen LogP contribution in [0.4, 0.5) is 11.4 Å². The number of carbonyl (C=O) groups excluding carboxylic acids is 2. The number of rotatable bonds is 8. The minimum Gasteiger partial charge on any atom is -0.478 e. The number of aromatic carboxylic acids is 1. The van der Waals surface area contributed by atoms with Crippen molar-refractivity contribution >= 4 is 29.2 Å². The van der Waals surface area contributed by atoms with E-state index < -0.39 is 5.97 Å². The average Bonchev–Trinajstić information content (AvgIpc) is 2.79. The third kappa shape index (κ3) is 6.53. The van der Waals surface area contributed by atoms with Crippen molar-refractivity contribution in [3.63, 3.8) is 0 Å². The van der Waals surface area contributed by atoms with Gasteiger partial charge in [0.1, 0.15) is 6.54 Å². The highest BCUT2D eigenvalue weighted by Crippen LogP contribution is 2.21. The van der Waals surface area contributed by atoms with Crippen LogP contribution in [0.25, 0.3) is 0 Å². The van der Waals surface area contributed by atoms with Crippen molar-refractivity contribution in [3.8, 4) is 0 Å². The maximum atomic E-state index is 13.2. The molecule has 0 heterocycles. The van der Waals surface area contributed by atoms with Gasteiger partial charge in [0.05, 0.1) is 5.56 Å². The Morgan fingerprint density at radius 2 is 1.52 bits per heavy atom. The highest BCUT2D eigenvalue weighted by Gasteiger charge is 2.20. The Labute approximate surface area is 193 Å². The normalized spacial score (nSPS) is 10.5. The van der Waals surface area contributed by atoms with Gasteiger partial charge < -0.3 is 15.3 Å². The zero-order chi connectivity index (χ0) is 24.0. The van der Waals surface area contributed by atoms with E-state index in [0.717, 1.165) is 22.3 Å². The number of nitrogens with zero attached hydrogens (tertiary/aromatic N) is 1. The molecule has 33 heavy (non-hydrogen) atoms. The summed E-state index contributed by atoms with van der Waals surface area (Å²) >= 11 is 0. The van der Waals surface area contributed by atoms with Gasteiger partial charge in [0, 0.05) is 17.8 Å². The van der Waals surface area contributed by atoms with Crippen molar-refractivity contribution < 1.29 is 19.5 Å². The van der Waals surface area contributed by atoms with Crippen molar-refractivity contribution in [2.24, 2.45) is 0 Å². The van der Waals surface area contributed by atoms with E-state index in [1.165, 1.54) is 29.2 Å². The summed E-state index contributed by atoms with van der Waals surface area (Å²) in [7, 11) is 0. The van der Waals surface area contributed by atoms with Crippen LogP contribution in [0.15, 0.2) is 66.7 Å². The molecule has 0 aliphatic rings. The number of aryl methyl sites for hydroxylation is 4. The molecule has 2 amide bonds. The first-order chi connectivity index (χ1) is 15.7. The first kappa shape index (κ1) is 23.7. The van der Waals surface area contributed by atoms with E-state index in [1.54, 1.807) is 0 Å². The third-order valence-electron chi connectivity index (χ3n) is 5.57. The molecular formula is C27H28N2O4. The van der Waals surface area contributed by atoms with E-state index in [-0.39, 0.29) is 30.3 Å². The van der Waals surface area contributed by atoms with Crippen LogP contribution in [0.5, 0.6) is 0 Å². The van der Waals surface area contributed by atoms with Crippen LogP contribution in [-0.4, -0.2) is 29.4 Å². The SMILES string of the molecule is Cc1ccc(CCC(=O)N(CC(=O)Nc2ccc(C(=O)O)cc2)c2ccc(C)c(C)c2)cc1. The summed E-state index contributed by atoms with van der Waals surface area (Å²) in [6.45, 7) is 5.84. The van der Waals surface area contributed by atoms with E-state index in [1.807, 2.05) is 63.2 Å². The van der Waals surface area contributed by atoms with Crippen LogP contribution in [0.1, 0.15) is 39.0 Å². The summed E-state index contributed by atoms with van der Waals surface area (Å²) in [4.78, 5) is 38.4. The summed E-state index contributed by atoms with van der Waals surface area (Å²) in [6.07, 6.45) is 0.856. The minimum atomic E-state index is -1.03. The van der Waals surface area contributed by atoms with Crippen LogP contribution < -0.4 is 10.2 Å². The number of carbonyl (C=O) groups is 3. The molecule has 0 unspecified atom stereocenters. The second-order valence-corrected chi connectivity index (χ2v) is 8.16. The lowest BCUT2D eigenvalue weighted by Gasteiger charge is -2.23. The minimum absolute atomic E-state index is 0.135. The van der Waals surface area contributed by atoms with Crippen LogP contribution >= 0.6 is 0 Å². The molecule has 0 aliphatic carbocycles. The van der Waals surface area contributed by atoms with Crippen LogP contribution in [0.2, 0.25) is 0 Å². The molecule has 0 bridgehead atoms. The number of nitrogens with one attached hydrogen (secondary N) is 1. The lowest BCUT2D eigenvalue weighted by Crippen LogP contribution is -2.38. The van der Waals surface area contributed by atoms with Crippen molar-refractivity contribution in [2.45, 2.75) is 33.6 Å². The highest BCUT2D eigenvalue weighted by molar-refractivity contribution is 6.02. The summed E-state index contributed by atoms with van der Waals surface area (Å²) < 4.78 is 0. The molecule has 0 aliphatic heterocycles. The Morgan fingerprint density at radius 1 is 0.848 bits per heavy atom. The number of carboxylic acids is 1. The van der Waals surface area contributed by atoms with Crippen molar-refractivity contribution in [1.82, 2.24) is 0 Å². The molecule has 3 aromatic carbocycles. The summed E-state index contributed by atoms with van der Waals surface area (Å²) in [5.74, 6) is -1.54. The average molecular weight is 445 g/mol. The molecule has 6 nitrogen and oxygen atoms in total. The summed E-state index contributed by atoms with van der Waals surface area (Å²) in [5, 5.41) is 11.8.